The van der Waals surface area contributed by atoms with Crippen LogP contribution < -0.4 is 10.6 Å². The maximum Gasteiger partial charge on any atom is 0.257 e. The molecular weight excluding hydrogens is 250 g/mol. The maximum absolute atomic E-state index is 12.6. The number of benzene rings is 1. The van der Waals surface area contributed by atoms with Gasteiger partial charge in [0, 0.05) is 6.04 Å². The Balaban J connectivity index is 2.06. The molecular formula is C16H21N3O. The summed E-state index contributed by atoms with van der Waals surface area (Å²) in [5.41, 5.74) is 1.74. The summed E-state index contributed by atoms with van der Waals surface area (Å²) >= 11 is 0. The Kier molecular flexibility index (Phi) is 3.04. The molecule has 4 heteroatoms. The maximum atomic E-state index is 12.6. The van der Waals surface area contributed by atoms with Gasteiger partial charge in [-0.05, 0) is 43.7 Å². The number of carbonyl (C=O) groups is 1. The lowest BCUT2D eigenvalue weighted by Crippen LogP contribution is -2.46. The highest BCUT2D eigenvalue weighted by molar-refractivity contribution is 6.09. The minimum atomic E-state index is -0.628. The molecule has 4 nitrogen and oxygen atoms in total. The average Bonchev–Trinajstić information content (AvgIpc) is 2.71. The molecule has 0 radical (unpaired) electrons. The van der Waals surface area contributed by atoms with Crippen molar-refractivity contribution in [3.05, 3.63) is 35.4 Å². The number of hydrogen-bond donors (Lipinski definition) is 2. The van der Waals surface area contributed by atoms with Gasteiger partial charge >= 0.3 is 0 Å². The van der Waals surface area contributed by atoms with E-state index in [0.29, 0.717) is 11.9 Å². The van der Waals surface area contributed by atoms with Crippen molar-refractivity contribution in [2.45, 2.75) is 51.1 Å². The normalized spacial score (nSPS) is 30.5. The number of amides is 1. The van der Waals surface area contributed by atoms with E-state index >= 15 is 0 Å². The van der Waals surface area contributed by atoms with Gasteiger partial charge in [-0.1, -0.05) is 31.2 Å². The second-order valence-electron chi connectivity index (χ2n) is 6.08. The molecule has 1 saturated heterocycles. The van der Waals surface area contributed by atoms with Crippen molar-refractivity contribution in [2.24, 2.45) is 4.99 Å². The van der Waals surface area contributed by atoms with Crippen LogP contribution in [0.1, 0.15) is 50.7 Å². The zero-order valence-corrected chi connectivity index (χ0v) is 12.2. The van der Waals surface area contributed by atoms with Crippen molar-refractivity contribution in [2.75, 3.05) is 0 Å². The fourth-order valence-electron chi connectivity index (χ4n) is 3.23. The molecule has 3 rings (SSSR count). The van der Waals surface area contributed by atoms with Crippen LogP contribution in [-0.2, 0) is 10.3 Å². The molecule has 1 aliphatic heterocycles. The number of guanidine groups is 1. The van der Waals surface area contributed by atoms with E-state index in [1.807, 2.05) is 26.0 Å². The highest BCUT2D eigenvalue weighted by Crippen LogP contribution is 2.42. The number of rotatable bonds is 1. The number of hydrogen-bond acceptors (Lipinski definition) is 2. The molecule has 2 atom stereocenters. The third-order valence-corrected chi connectivity index (χ3v) is 4.24. The van der Waals surface area contributed by atoms with Gasteiger partial charge in [-0.15, -0.1) is 0 Å². The second kappa shape index (κ2) is 4.62. The summed E-state index contributed by atoms with van der Waals surface area (Å²) in [5.74, 6) is 1.13. The Bertz CT molecular complexity index is 579. The molecule has 106 valence electrons. The van der Waals surface area contributed by atoms with Crippen molar-refractivity contribution in [1.82, 2.24) is 10.6 Å². The summed E-state index contributed by atoms with van der Waals surface area (Å²) in [6.45, 7) is 6.23. The number of aliphatic imine (C=N–C) groups is 1. The van der Waals surface area contributed by atoms with E-state index in [1.54, 1.807) is 0 Å². The molecule has 2 aliphatic rings. The van der Waals surface area contributed by atoms with E-state index in [-0.39, 0.29) is 11.9 Å². The summed E-state index contributed by atoms with van der Waals surface area (Å²) in [4.78, 5) is 17.0. The molecule has 2 N–H and O–H groups in total. The van der Waals surface area contributed by atoms with Gasteiger partial charge in [0.2, 0.25) is 0 Å². The van der Waals surface area contributed by atoms with Gasteiger partial charge < -0.3 is 5.32 Å². The molecule has 20 heavy (non-hydrogen) atoms. The van der Waals surface area contributed by atoms with Crippen LogP contribution in [0.15, 0.2) is 29.3 Å². The Hall–Kier alpha value is -1.84. The molecule has 1 fully saturated rings. The van der Waals surface area contributed by atoms with Crippen LogP contribution in [0.4, 0.5) is 0 Å². The minimum absolute atomic E-state index is 0.0243. The van der Waals surface area contributed by atoms with Crippen LogP contribution in [0.5, 0.6) is 0 Å². The Morgan fingerprint density at radius 3 is 2.85 bits per heavy atom. The van der Waals surface area contributed by atoms with Crippen LogP contribution in [-0.4, -0.2) is 17.9 Å². The number of fused-ring (bicyclic) bond motifs is 2. The standard InChI is InChI=1S/C16H21N3O/c1-10(2)17-15-18-14(20)16(19-15)9-8-11(3)12-6-4-5-7-13(12)16/h4-7,10-11H,8-9H2,1-3H3,(H2,17,18,19,20). The SMILES string of the molecule is CC(C)N=C1NC(=O)C2(CCC(C)c3ccccc32)N1. The lowest BCUT2D eigenvalue weighted by atomic mass is 9.72. The summed E-state index contributed by atoms with van der Waals surface area (Å²) in [6, 6.07) is 8.41. The predicted octanol–water partition coefficient (Wildman–Crippen LogP) is 2.26. The third-order valence-electron chi connectivity index (χ3n) is 4.24. The first-order valence-corrected chi connectivity index (χ1v) is 7.30. The number of nitrogens with zero attached hydrogens (tertiary/aromatic N) is 1. The predicted molar refractivity (Wildman–Crippen MR) is 79.6 cm³/mol. The monoisotopic (exact) mass is 271 g/mol. The number of nitrogens with one attached hydrogen (secondary N) is 2. The van der Waals surface area contributed by atoms with Crippen molar-refractivity contribution < 1.29 is 4.79 Å². The van der Waals surface area contributed by atoms with Crippen LogP contribution in [0.25, 0.3) is 0 Å². The van der Waals surface area contributed by atoms with Crippen LogP contribution in [0, 0.1) is 0 Å². The largest absolute Gasteiger partial charge is 0.338 e. The first kappa shape index (κ1) is 13.2. The molecule has 0 aromatic heterocycles. The summed E-state index contributed by atoms with van der Waals surface area (Å²) < 4.78 is 0. The van der Waals surface area contributed by atoms with Gasteiger partial charge in [-0.25, -0.2) is 0 Å². The number of carbonyl (C=O) groups excluding carboxylic acids is 1. The van der Waals surface area contributed by atoms with Gasteiger partial charge in [-0.2, -0.15) is 0 Å². The quantitative estimate of drug-likeness (QED) is 0.823. The molecule has 1 aliphatic carbocycles. The van der Waals surface area contributed by atoms with Crippen molar-refractivity contribution >= 4 is 11.9 Å². The summed E-state index contributed by atoms with van der Waals surface area (Å²) in [6.07, 6.45) is 1.82. The molecule has 2 unspecified atom stereocenters. The highest BCUT2D eigenvalue weighted by Gasteiger charge is 2.49. The van der Waals surface area contributed by atoms with Gasteiger partial charge in [0.1, 0.15) is 5.54 Å². The first-order chi connectivity index (χ1) is 9.53. The minimum Gasteiger partial charge on any atom is -0.338 e. The van der Waals surface area contributed by atoms with E-state index < -0.39 is 5.54 Å². The zero-order valence-electron chi connectivity index (χ0n) is 12.2. The van der Waals surface area contributed by atoms with E-state index in [2.05, 4.69) is 34.7 Å². The highest BCUT2D eigenvalue weighted by atomic mass is 16.2. The third kappa shape index (κ3) is 1.90. The van der Waals surface area contributed by atoms with Gasteiger partial charge in [-0.3, -0.25) is 15.1 Å². The van der Waals surface area contributed by atoms with Gasteiger partial charge in [0.05, 0.1) is 0 Å². The van der Waals surface area contributed by atoms with Crippen molar-refractivity contribution in [3.8, 4) is 0 Å². The Morgan fingerprint density at radius 2 is 2.10 bits per heavy atom. The molecule has 0 saturated carbocycles. The topological polar surface area (TPSA) is 53.5 Å². The van der Waals surface area contributed by atoms with Crippen LogP contribution in [0.2, 0.25) is 0 Å². The van der Waals surface area contributed by atoms with Crippen molar-refractivity contribution in [3.63, 3.8) is 0 Å². The average molecular weight is 271 g/mol. The van der Waals surface area contributed by atoms with Gasteiger partial charge in [0.15, 0.2) is 5.96 Å². The molecule has 1 amide bonds. The Labute approximate surface area is 119 Å². The molecule has 1 heterocycles. The zero-order chi connectivity index (χ0) is 14.3. The van der Waals surface area contributed by atoms with Crippen LogP contribution >= 0.6 is 0 Å². The van der Waals surface area contributed by atoms with Gasteiger partial charge in [0.25, 0.3) is 5.91 Å². The fraction of sp³-hybridized carbons (Fsp3) is 0.500. The summed E-state index contributed by atoms with van der Waals surface area (Å²) in [5, 5.41) is 6.25. The molecule has 1 spiro atoms. The lowest BCUT2D eigenvalue weighted by Gasteiger charge is -2.36. The molecule has 1 aromatic rings. The molecule has 0 bridgehead atoms. The van der Waals surface area contributed by atoms with E-state index in [0.717, 1.165) is 18.4 Å². The smallest absolute Gasteiger partial charge is 0.257 e. The fourth-order valence-corrected chi connectivity index (χ4v) is 3.23. The molecule has 1 aromatic carbocycles. The van der Waals surface area contributed by atoms with Crippen LogP contribution in [0.3, 0.4) is 0 Å². The first-order valence-electron chi connectivity index (χ1n) is 7.30. The second-order valence-corrected chi connectivity index (χ2v) is 6.08. The van der Waals surface area contributed by atoms with E-state index in [9.17, 15) is 4.79 Å². The Morgan fingerprint density at radius 1 is 1.35 bits per heavy atom. The van der Waals surface area contributed by atoms with E-state index in [4.69, 9.17) is 0 Å². The lowest BCUT2D eigenvalue weighted by molar-refractivity contribution is -0.124. The van der Waals surface area contributed by atoms with E-state index in [1.165, 1.54) is 5.56 Å². The van der Waals surface area contributed by atoms with Crippen molar-refractivity contribution in [1.29, 1.82) is 0 Å². The summed E-state index contributed by atoms with van der Waals surface area (Å²) in [7, 11) is 0.